The molecule has 0 bridgehead atoms. The lowest BCUT2D eigenvalue weighted by Gasteiger charge is -2.22. The van der Waals surface area contributed by atoms with Crippen LogP contribution in [0.3, 0.4) is 0 Å². The van der Waals surface area contributed by atoms with Crippen molar-refractivity contribution in [1.29, 1.82) is 0 Å². The Morgan fingerprint density at radius 2 is 1.72 bits per heavy atom. The van der Waals surface area contributed by atoms with Crippen molar-refractivity contribution in [2.75, 3.05) is 6.54 Å². The van der Waals surface area contributed by atoms with Gasteiger partial charge in [-0.1, -0.05) is 54.9 Å². The summed E-state index contributed by atoms with van der Waals surface area (Å²) in [5.41, 5.74) is 1.38. The molecule has 0 heterocycles. The van der Waals surface area contributed by atoms with Crippen LogP contribution in [0.15, 0.2) is 40.9 Å². The number of hydrogen-bond donors (Lipinski definition) is 1. The van der Waals surface area contributed by atoms with Crippen LogP contribution in [-0.4, -0.2) is 6.54 Å². The van der Waals surface area contributed by atoms with Crippen LogP contribution in [-0.2, 0) is 0 Å². The monoisotopic (exact) mass is 305 g/mol. The largest absolute Gasteiger partial charge is 0.310 e. The molecule has 1 N–H and O–H groups in total. The maximum Gasteiger partial charge on any atom is 0.0343 e. The maximum absolute atomic E-state index is 3.57. The van der Waals surface area contributed by atoms with E-state index < -0.39 is 0 Å². The second-order valence-corrected chi connectivity index (χ2v) is 5.95. The summed E-state index contributed by atoms with van der Waals surface area (Å²) < 4.78 is 1.13. The molecular formula is C16H20BrN. The van der Waals surface area contributed by atoms with E-state index in [1.165, 1.54) is 16.3 Å². The predicted octanol–water partition coefficient (Wildman–Crippen LogP) is 4.91. The lowest BCUT2D eigenvalue weighted by atomic mass is 9.94. The van der Waals surface area contributed by atoms with Gasteiger partial charge >= 0.3 is 0 Å². The predicted molar refractivity (Wildman–Crippen MR) is 82.9 cm³/mol. The molecule has 0 radical (unpaired) electrons. The molecule has 0 aromatic heterocycles. The Morgan fingerprint density at radius 3 is 2.39 bits per heavy atom. The molecule has 0 amide bonds. The second-order valence-electron chi connectivity index (χ2n) is 5.03. The van der Waals surface area contributed by atoms with Crippen LogP contribution in [0, 0.1) is 5.92 Å². The molecule has 1 atom stereocenters. The smallest absolute Gasteiger partial charge is 0.0343 e. The van der Waals surface area contributed by atoms with Gasteiger partial charge in [-0.3, -0.25) is 0 Å². The third-order valence-electron chi connectivity index (χ3n) is 3.28. The van der Waals surface area contributed by atoms with Crippen molar-refractivity contribution in [1.82, 2.24) is 5.32 Å². The third kappa shape index (κ3) is 2.93. The van der Waals surface area contributed by atoms with Gasteiger partial charge < -0.3 is 5.32 Å². The van der Waals surface area contributed by atoms with Gasteiger partial charge in [0.2, 0.25) is 0 Å². The first-order valence-corrected chi connectivity index (χ1v) is 7.33. The standard InChI is InChI=1S/C16H20BrN/c1-4-18-16(11(2)3)14-6-5-13-10-15(17)8-7-12(13)9-14/h5-11,16,18H,4H2,1-3H3. The zero-order chi connectivity index (χ0) is 13.1. The molecule has 0 aliphatic carbocycles. The quantitative estimate of drug-likeness (QED) is 0.846. The second kappa shape index (κ2) is 5.85. The first-order chi connectivity index (χ1) is 8.61. The highest BCUT2D eigenvalue weighted by Gasteiger charge is 2.14. The average molecular weight is 306 g/mol. The zero-order valence-electron chi connectivity index (χ0n) is 11.2. The van der Waals surface area contributed by atoms with Crippen molar-refractivity contribution in [2.45, 2.75) is 26.8 Å². The van der Waals surface area contributed by atoms with E-state index in [4.69, 9.17) is 0 Å². The van der Waals surface area contributed by atoms with Crippen molar-refractivity contribution in [3.8, 4) is 0 Å². The minimum absolute atomic E-state index is 0.433. The highest BCUT2D eigenvalue weighted by atomic mass is 79.9. The third-order valence-corrected chi connectivity index (χ3v) is 3.77. The van der Waals surface area contributed by atoms with E-state index in [-0.39, 0.29) is 0 Å². The summed E-state index contributed by atoms with van der Waals surface area (Å²) >= 11 is 3.52. The Bertz CT molecular complexity index is 534. The van der Waals surface area contributed by atoms with E-state index in [0.29, 0.717) is 12.0 Å². The Balaban J connectivity index is 2.42. The molecule has 2 aromatic carbocycles. The molecule has 0 aliphatic rings. The van der Waals surface area contributed by atoms with Gasteiger partial charge in [0.15, 0.2) is 0 Å². The summed E-state index contributed by atoms with van der Waals surface area (Å²) in [6.07, 6.45) is 0. The van der Waals surface area contributed by atoms with Crippen LogP contribution >= 0.6 is 15.9 Å². The lowest BCUT2D eigenvalue weighted by molar-refractivity contribution is 0.422. The minimum Gasteiger partial charge on any atom is -0.310 e. The molecule has 2 rings (SSSR count). The SMILES string of the molecule is CCNC(c1ccc2cc(Br)ccc2c1)C(C)C. The van der Waals surface area contributed by atoms with E-state index in [2.05, 4.69) is 78.4 Å². The lowest BCUT2D eigenvalue weighted by Crippen LogP contribution is -2.25. The highest BCUT2D eigenvalue weighted by molar-refractivity contribution is 9.10. The molecule has 2 heteroatoms. The number of nitrogens with one attached hydrogen (secondary N) is 1. The zero-order valence-corrected chi connectivity index (χ0v) is 12.8. The fourth-order valence-corrected chi connectivity index (χ4v) is 2.77. The van der Waals surface area contributed by atoms with Crippen molar-refractivity contribution >= 4 is 26.7 Å². The van der Waals surface area contributed by atoms with Crippen molar-refractivity contribution < 1.29 is 0 Å². The number of rotatable bonds is 4. The maximum atomic E-state index is 3.57. The molecule has 0 saturated heterocycles. The van der Waals surface area contributed by atoms with Crippen molar-refractivity contribution in [3.63, 3.8) is 0 Å². The number of fused-ring (bicyclic) bond motifs is 1. The summed E-state index contributed by atoms with van der Waals surface area (Å²) in [6, 6.07) is 13.6. The molecule has 0 spiro atoms. The van der Waals surface area contributed by atoms with Crippen LogP contribution in [0.2, 0.25) is 0 Å². The Morgan fingerprint density at radius 1 is 1.06 bits per heavy atom. The van der Waals surface area contributed by atoms with Gasteiger partial charge in [-0.25, -0.2) is 0 Å². The van der Waals surface area contributed by atoms with Gasteiger partial charge in [0, 0.05) is 10.5 Å². The molecule has 0 saturated carbocycles. The van der Waals surface area contributed by atoms with Crippen LogP contribution in [0.5, 0.6) is 0 Å². The van der Waals surface area contributed by atoms with Gasteiger partial charge in [0.05, 0.1) is 0 Å². The van der Waals surface area contributed by atoms with Gasteiger partial charge in [-0.2, -0.15) is 0 Å². The summed E-state index contributed by atoms with van der Waals surface area (Å²) in [5.74, 6) is 0.595. The summed E-state index contributed by atoms with van der Waals surface area (Å²) in [7, 11) is 0. The minimum atomic E-state index is 0.433. The molecule has 0 aliphatic heterocycles. The topological polar surface area (TPSA) is 12.0 Å². The van der Waals surface area contributed by atoms with E-state index in [0.717, 1.165) is 11.0 Å². The van der Waals surface area contributed by atoms with Crippen LogP contribution in [0.25, 0.3) is 10.8 Å². The molecule has 18 heavy (non-hydrogen) atoms. The summed E-state index contributed by atoms with van der Waals surface area (Å²) in [6.45, 7) is 7.69. The van der Waals surface area contributed by atoms with Gasteiger partial charge in [0.1, 0.15) is 0 Å². The summed E-state index contributed by atoms with van der Waals surface area (Å²) in [4.78, 5) is 0. The average Bonchev–Trinajstić information content (AvgIpc) is 2.35. The van der Waals surface area contributed by atoms with Crippen LogP contribution in [0.4, 0.5) is 0 Å². The van der Waals surface area contributed by atoms with E-state index in [9.17, 15) is 0 Å². The Labute approximate surface area is 118 Å². The van der Waals surface area contributed by atoms with Crippen LogP contribution < -0.4 is 5.32 Å². The first kappa shape index (κ1) is 13.6. The fourth-order valence-electron chi connectivity index (χ4n) is 2.39. The van der Waals surface area contributed by atoms with E-state index in [1.54, 1.807) is 0 Å². The highest BCUT2D eigenvalue weighted by Crippen LogP contribution is 2.27. The van der Waals surface area contributed by atoms with E-state index >= 15 is 0 Å². The molecule has 1 unspecified atom stereocenters. The Hall–Kier alpha value is -0.860. The number of halogens is 1. The first-order valence-electron chi connectivity index (χ1n) is 6.54. The van der Waals surface area contributed by atoms with Gasteiger partial charge in [0.25, 0.3) is 0 Å². The van der Waals surface area contributed by atoms with Gasteiger partial charge in [-0.15, -0.1) is 0 Å². The van der Waals surface area contributed by atoms with Crippen LogP contribution in [0.1, 0.15) is 32.4 Å². The normalized spacial score (nSPS) is 13.2. The van der Waals surface area contributed by atoms with Crippen molar-refractivity contribution in [2.24, 2.45) is 5.92 Å². The van der Waals surface area contributed by atoms with Crippen molar-refractivity contribution in [3.05, 3.63) is 46.4 Å². The summed E-state index contributed by atoms with van der Waals surface area (Å²) in [5, 5.41) is 6.15. The Kier molecular flexibility index (Phi) is 4.41. The molecule has 2 aromatic rings. The molecular weight excluding hydrogens is 286 g/mol. The van der Waals surface area contributed by atoms with Gasteiger partial charge in [-0.05, 0) is 47.0 Å². The molecule has 0 fully saturated rings. The molecule has 96 valence electrons. The number of hydrogen-bond acceptors (Lipinski definition) is 1. The molecule has 1 nitrogen and oxygen atoms in total. The number of benzene rings is 2. The fraction of sp³-hybridized carbons (Fsp3) is 0.375. The van der Waals surface area contributed by atoms with E-state index in [1.807, 2.05) is 0 Å².